The Morgan fingerprint density at radius 3 is 2.57 bits per heavy atom. The first-order valence-electron chi connectivity index (χ1n) is 8.77. The lowest BCUT2D eigenvalue weighted by atomic mass is 9.95. The van der Waals surface area contributed by atoms with Crippen LogP contribution in [0.15, 0.2) is 48.5 Å². The van der Waals surface area contributed by atoms with Crippen molar-refractivity contribution in [2.75, 3.05) is 11.4 Å². The number of hydrogen-bond acceptors (Lipinski definition) is 4. The molecule has 4 amide bonds. The van der Waals surface area contributed by atoms with Gasteiger partial charge >= 0.3 is 12.0 Å². The normalized spacial score (nSPS) is 17.9. The van der Waals surface area contributed by atoms with Crippen molar-refractivity contribution in [1.29, 1.82) is 0 Å². The standard InChI is InChI=1S/C20H17N3O5/c24-17(25)10-21-18(26)13-6-3-7-15(8-13)23-19(27)16-9-12-4-1-2-5-14(12)11-22(16)20(23)28/h1-8,16H,9-11H2,(H,21,26)(H,24,25). The van der Waals surface area contributed by atoms with E-state index in [2.05, 4.69) is 5.32 Å². The van der Waals surface area contributed by atoms with Crippen molar-refractivity contribution in [3.63, 3.8) is 0 Å². The molecule has 2 aromatic carbocycles. The van der Waals surface area contributed by atoms with Crippen LogP contribution in [-0.4, -0.2) is 46.4 Å². The second-order valence-electron chi connectivity index (χ2n) is 6.70. The molecule has 0 saturated carbocycles. The average molecular weight is 379 g/mol. The van der Waals surface area contributed by atoms with Gasteiger partial charge in [0.05, 0.1) is 5.69 Å². The molecule has 142 valence electrons. The van der Waals surface area contributed by atoms with E-state index in [0.29, 0.717) is 13.0 Å². The fraction of sp³-hybridized carbons (Fsp3) is 0.200. The quantitative estimate of drug-likeness (QED) is 0.781. The second-order valence-corrected chi connectivity index (χ2v) is 6.70. The van der Waals surface area contributed by atoms with E-state index in [4.69, 9.17) is 5.11 Å². The van der Waals surface area contributed by atoms with Gasteiger partial charge in [0.2, 0.25) is 0 Å². The summed E-state index contributed by atoms with van der Waals surface area (Å²) >= 11 is 0. The maximum atomic E-state index is 12.9. The minimum atomic E-state index is -1.16. The van der Waals surface area contributed by atoms with Crippen molar-refractivity contribution >= 4 is 29.5 Å². The first-order valence-corrected chi connectivity index (χ1v) is 8.77. The number of carboxylic acid groups (broad SMARTS) is 1. The largest absolute Gasteiger partial charge is 0.480 e. The summed E-state index contributed by atoms with van der Waals surface area (Å²) in [4.78, 5) is 51.2. The molecule has 1 unspecified atom stereocenters. The summed E-state index contributed by atoms with van der Waals surface area (Å²) < 4.78 is 0. The van der Waals surface area contributed by atoms with E-state index in [-0.39, 0.29) is 17.2 Å². The molecule has 2 aliphatic heterocycles. The van der Waals surface area contributed by atoms with Crippen LogP contribution < -0.4 is 10.2 Å². The Labute approximate surface area is 160 Å². The SMILES string of the molecule is O=C(O)CNC(=O)c1cccc(N2C(=O)C3Cc4ccccc4CN3C2=O)c1. The van der Waals surface area contributed by atoms with Gasteiger partial charge < -0.3 is 15.3 Å². The fourth-order valence-electron chi connectivity index (χ4n) is 3.60. The molecule has 2 heterocycles. The zero-order valence-corrected chi connectivity index (χ0v) is 14.8. The number of amides is 4. The number of fused-ring (bicyclic) bond motifs is 2. The lowest BCUT2D eigenvalue weighted by molar-refractivity contribution is -0.135. The van der Waals surface area contributed by atoms with E-state index >= 15 is 0 Å². The Balaban J connectivity index is 1.60. The zero-order valence-electron chi connectivity index (χ0n) is 14.8. The van der Waals surface area contributed by atoms with Crippen LogP contribution in [0, 0.1) is 0 Å². The molecule has 8 nitrogen and oxygen atoms in total. The van der Waals surface area contributed by atoms with E-state index in [9.17, 15) is 19.2 Å². The average Bonchev–Trinajstić information content (AvgIpc) is 2.94. The third kappa shape index (κ3) is 2.98. The summed E-state index contributed by atoms with van der Waals surface area (Å²) in [5.41, 5.74) is 2.53. The van der Waals surface area contributed by atoms with Gasteiger partial charge in [-0.15, -0.1) is 0 Å². The van der Waals surface area contributed by atoms with E-state index in [1.165, 1.54) is 12.1 Å². The lowest BCUT2D eigenvalue weighted by Crippen LogP contribution is -2.39. The molecule has 2 N–H and O–H groups in total. The van der Waals surface area contributed by atoms with Crippen LogP contribution in [0.3, 0.4) is 0 Å². The Kier molecular flexibility index (Phi) is 4.31. The van der Waals surface area contributed by atoms with Gasteiger partial charge in [-0.25, -0.2) is 9.69 Å². The van der Waals surface area contributed by atoms with Crippen LogP contribution >= 0.6 is 0 Å². The van der Waals surface area contributed by atoms with Gasteiger partial charge in [0, 0.05) is 18.5 Å². The number of imide groups is 1. The number of rotatable bonds is 4. The van der Waals surface area contributed by atoms with E-state index in [0.717, 1.165) is 16.0 Å². The summed E-state index contributed by atoms with van der Waals surface area (Å²) in [5, 5.41) is 10.9. The lowest BCUT2D eigenvalue weighted by Gasteiger charge is -2.28. The summed E-state index contributed by atoms with van der Waals surface area (Å²) in [6.07, 6.45) is 0.454. The van der Waals surface area contributed by atoms with Gasteiger partial charge in [-0.2, -0.15) is 0 Å². The van der Waals surface area contributed by atoms with Crippen LogP contribution in [0.5, 0.6) is 0 Å². The molecule has 1 fully saturated rings. The molecule has 0 aromatic heterocycles. The molecule has 2 aliphatic rings. The maximum Gasteiger partial charge on any atom is 0.332 e. The first-order chi connectivity index (χ1) is 13.5. The molecule has 8 heteroatoms. The molecule has 0 bridgehead atoms. The maximum absolute atomic E-state index is 12.9. The molecule has 1 saturated heterocycles. The molecular formula is C20H17N3O5. The monoisotopic (exact) mass is 379 g/mol. The molecule has 2 aromatic rings. The predicted octanol–water partition coefficient (Wildman–Crippen LogP) is 1.39. The van der Waals surface area contributed by atoms with Crippen molar-refractivity contribution in [2.24, 2.45) is 0 Å². The number of aliphatic carboxylic acids is 1. The van der Waals surface area contributed by atoms with Gasteiger partial charge in [-0.3, -0.25) is 14.4 Å². The number of carbonyl (C=O) groups is 4. The number of carboxylic acids is 1. The number of nitrogens with one attached hydrogen (secondary N) is 1. The number of anilines is 1. The third-order valence-corrected chi connectivity index (χ3v) is 4.96. The van der Waals surface area contributed by atoms with Crippen molar-refractivity contribution in [3.8, 4) is 0 Å². The number of nitrogens with zero attached hydrogens (tertiary/aromatic N) is 2. The minimum absolute atomic E-state index is 0.174. The van der Waals surface area contributed by atoms with Crippen LogP contribution in [0.2, 0.25) is 0 Å². The first kappa shape index (κ1) is 17.7. The predicted molar refractivity (Wildman–Crippen MR) is 98.8 cm³/mol. The van der Waals surface area contributed by atoms with Gasteiger partial charge in [-0.1, -0.05) is 30.3 Å². The molecule has 4 rings (SSSR count). The highest BCUT2D eigenvalue weighted by molar-refractivity contribution is 6.21. The van der Waals surface area contributed by atoms with E-state index in [1.54, 1.807) is 17.0 Å². The van der Waals surface area contributed by atoms with Crippen molar-refractivity contribution in [3.05, 3.63) is 65.2 Å². The summed E-state index contributed by atoms with van der Waals surface area (Å²) in [6, 6.07) is 12.8. The fourth-order valence-corrected chi connectivity index (χ4v) is 3.60. The minimum Gasteiger partial charge on any atom is -0.480 e. The van der Waals surface area contributed by atoms with Crippen molar-refractivity contribution in [1.82, 2.24) is 10.2 Å². The highest BCUT2D eigenvalue weighted by atomic mass is 16.4. The van der Waals surface area contributed by atoms with Gasteiger partial charge in [-0.05, 0) is 29.3 Å². The molecule has 0 radical (unpaired) electrons. The molecule has 0 aliphatic carbocycles. The topological polar surface area (TPSA) is 107 Å². The van der Waals surface area contributed by atoms with Crippen LogP contribution in [0.4, 0.5) is 10.5 Å². The highest BCUT2D eigenvalue weighted by Gasteiger charge is 2.47. The Morgan fingerprint density at radius 1 is 1.07 bits per heavy atom. The van der Waals surface area contributed by atoms with Crippen LogP contribution in [0.25, 0.3) is 0 Å². The van der Waals surface area contributed by atoms with Gasteiger partial charge in [0.1, 0.15) is 12.6 Å². The molecule has 28 heavy (non-hydrogen) atoms. The Hall–Kier alpha value is -3.68. The Morgan fingerprint density at radius 2 is 1.82 bits per heavy atom. The van der Waals surface area contributed by atoms with Gasteiger partial charge in [0.25, 0.3) is 11.8 Å². The summed E-state index contributed by atoms with van der Waals surface area (Å²) in [6.45, 7) is -0.153. The Bertz CT molecular complexity index is 960. The van der Waals surface area contributed by atoms with Crippen molar-refractivity contribution in [2.45, 2.75) is 19.0 Å². The van der Waals surface area contributed by atoms with E-state index in [1.807, 2.05) is 24.3 Å². The number of carbonyl (C=O) groups excluding carboxylic acids is 3. The van der Waals surface area contributed by atoms with Gasteiger partial charge in [0.15, 0.2) is 0 Å². The van der Waals surface area contributed by atoms with E-state index < -0.39 is 30.5 Å². The molecule has 1 atom stereocenters. The number of benzene rings is 2. The van der Waals surface area contributed by atoms with Crippen LogP contribution in [-0.2, 0) is 22.6 Å². The second kappa shape index (κ2) is 6.80. The summed E-state index contributed by atoms with van der Waals surface area (Å²) in [7, 11) is 0. The van der Waals surface area contributed by atoms with Crippen molar-refractivity contribution < 1.29 is 24.3 Å². The molecular weight excluding hydrogens is 362 g/mol. The summed E-state index contributed by atoms with van der Waals surface area (Å²) in [5.74, 6) is -2.08. The number of hydrogen-bond donors (Lipinski definition) is 2. The number of urea groups is 1. The smallest absolute Gasteiger partial charge is 0.332 e. The molecule has 0 spiro atoms. The zero-order chi connectivity index (χ0) is 19.8. The van der Waals surface area contributed by atoms with Crippen LogP contribution in [0.1, 0.15) is 21.5 Å². The third-order valence-electron chi connectivity index (χ3n) is 4.96. The highest BCUT2D eigenvalue weighted by Crippen LogP contribution is 2.33.